The molecule has 0 amide bonds. The number of ether oxygens (including phenoxy) is 1. The van der Waals surface area contributed by atoms with Gasteiger partial charge in [0.05, 0.1) is 12.8 Å². The minimum Gasteiger partial charge on any atom is -0.383 e. The molecular weight excluding hydrogens is 190 g/mol. The molecule has 86 valence electrons. The molecule has 1 heterocycles. The number of hydrogen-bond donors (Lipinski definition) is 1. The topological polar surface area (TPSA) is 39.1 Å². The van der Waals surface area contributed by atoms with Crippen molar-refractivity contribution in [1.82, 2.24) is 15.1 Å². The maximum Gasteiger partial charge on any atom is 0.0613 e. The molecule has 15 heavy (non-hydrogen) atoms. The second-order valence-electron chi connectivity index (χ2n) is 3.94. The molecule has 1 rings (SSSR count). The van der Waals surface area contributed by atoms with Crippen LogP contribution in [0.15, 0.2) is 12.4 Å². The summed E-state index contributed by atoms with van der Waals surface area (Å²) in [6.07, 6.45) is 6.22. The molecular formula is C11H21N3O. The quantitative estimate of drug-likeness (QED) is 0.683. The van der Waals surface area contributed by atoms with E-state index in [1.807, 2.05) is 17.9 Å². The molecule has 4 heteroatoms. The van der Waals surface area contributed by atoms with E-state index in [1.54, 1.807) is 7.11 Å². The number of aryl methyl sites for hydroxylation is 2. The molecule has 0 saturated heterocycles. The number of nitrogens with zero attached hydrogens (tertiary/aromatic N) is 2. The Morgan fingerprint density at radius 3 is 3.00 bits per heavy atom. The van der Waals surface area contributed by atoms with Crippen molar-refractivity contribution in [3.63, 3.8) is 0 Å². The van der Waals surface area contributed by atoms with Crippen LogP contribution in [0.1, 0.15) is 18.9 Å². The first-order chi connectivity index (χ1) is 7.22. The van der Waals surface area contributed by atoms with Gasteiger partial charge in [-0.1, -0.05) is 0 Å². The third-order valence-electron chi connectivity index (χ3n) is 2.31. The molecule has 1 aromatic heterocycles. The van der Waals surface area contributed by atoms with Gasteiger partial charge in [-0.2, -0.15) is 5.10 Å². The van der Waals surface area contributed by atoms with Crippen LogP contribution < -0.4 is 5.32 Å². The Kier molecular flexibility index (Phi) is 5.36. The fourth-order valence-electron chi connectivity index (χ4n) is 1.55. The number of hydrogen-bond acceptors (Lipinski definition) is 3. The Labute approximate surface area is 91.6 Å². The highest BCUT2D eigenvalue weighted by atomic mass is 16.5. The summed E-state index contributed by atoms with van der Waals surface area (Å²) >= 11 is 0. The number of aromatic nitrogens is 2. The summed E-state index contributed by atoms with van der Waals surface area (Å²) in [7, 11) is 3.68. The molecule has 0 saturated carbocycles. The standard InChI is InChI=1S/C11H21N3O/c1-10(9-15-3)12-6-4-5-11-7-13-14(2)8-11/h7-8,10,12H,4-6,9H2,1-3H3. The van der Waals surface area contributed by atoms with Crippen LogP contribution in [0.3, 0.4) is 0 Å². The second kappa shape index (κ2) is 6.58. The number of rotatable bonds is 7. The van der Waals surface area contributed by atoms with Crippen molar-refractivity contribution in [1.29, 1.82) is 0 Å². The van der Waals surface area contributed by atoms with E-state index in [0.29, 0.717) is 6.04 Å². The normalized spacial score (nSPS) is 13.0. The molecule has 0 spiro atoms. The van der Waals surface area contributed by atoms with Crippen LogP contribution in [0, 0.1) is 0 Å². The Balaban J connectivity index is 2.06. The Morgan fingerprint density at radius 1 is 1.60 bits per heavy atom. The summed E-state index contributed by atoms with van der Waals surface area (Å²) in [5.74, 6) is 0. The lowest BCUT2D eigenvalue weighted by atomic mass is 10.2. The molecule has 0 aliphatic rings. The molecule has 0 fully saturated rings. The number of nitrogens with one attached hydrogen (secondary N) is 1. The fraction of sp³-hybridized carbons (Fsp3) is 0.727. The largest absolute Gasteiger partial charge is 0.383 e. The van der Waals surface area contributed by atoms with E-state index >= 15 is 0 Å². The second-order valence-corrected chi connectivity index (χ2v) is 3.94. The van der Waals surface area contributed by atoms with Gasteiger partial charge < -0.3 is 10.1 Å². The van der Waals surface area contributed by atoms with Gasteiger partial charge in [0.1, 0.15) is 0 Å². The van der Waals surface area contributed by atoms with E-state index in [0.717, 1.165) is 26.0 Å². The summed E-state index contributed by atoms with van der Waals surface area (Å²) in [5.41, 5.74) is 1.30. The third kappa shape index (κ3) is 4.95. The highest BCUT2D eigenvalue weighted by Crippen LogP contribution is 2.00. The van der Waals surface area contributed by atoms with E-state index in [-0.39, 0.29) is 0 Å². The summed E-state index contributed by atoms with van der Waals surface area (Å²) in [4.78, 5) is 0. The van der Waals surface area contributed by atoms with Crippen LogP contribution in [0.5, 0.6) is 0 Å². The molecule has 0 bridgehead atoms. The van der Waals surface area contributed by atoms with Crippen molar-refractivity contribution in [3.8, 4) is 0 Å². The van der Waals surface area contributed by atoms with Crippen molar-refractivity contribution in [2.75, 3.05) is 20.3 Å². The third-order valence-corrected chi connectivity index (χ3v) is 2.31. The SMILES string of the molecule is COCC(C)NCCCc1cnn(C)c1. The van der Waals surface area contributed by atoms with Gasteiger partial charge in [-0.05, 0) is 31.9 Å². The summed E-state index contributed by atoms with van der Waals surface area (Å²) in [6.45, 7) is 3.93. The van der Waals surface area contributed by atoms with E-state index in [2.05, 4.69) is 23.5 Å². The molecule has 4 nitrogen and oxygen atoms in total. The lowest BCUT2D eigenvalue weighted by Gasteiger charge is -2.11. The average molecular weight is 211 g/mol. The lowest BCUT2D eigenvalue weighted by Crippen LogP contribution is -2.31. The first-order valence-electron chi connectivity index (χ1n) is 5.42. The maximum absolute atomic E-state index is 5.05. The van der Waals surface area contributed by atoms with Gasteiger partial charge in [-0.25, -0.2) is 0 Å². The Hall–Kier alpha value is -0.870. The number of methoxy groups -OCH3 is 1. The van der Waals surface area contributed by atoms with Gasteiger partial charge >= 0.3 is 0 Å². The Bertz CT molecular complexity index is 273. The summed E-state index contributed by atoms with van der Waals surface area (Å²) in [5, 5.41) is 7.54. The first-order valence-corrected chi connectivity index (χ1v) is 5.42. The van der Waals surface area contributed by atoms with Crippen molar-refractivity contribution >= 4 is 0 Å². The predicted molar refractivity (Wildman–Crippen MR) is 60.9 cm³/mol. The van der Waals surface area contributed by atoms with Crippen molar-refractivity contribution < 1.29 is 4.74 Å². The minimum absolute atomic E-state index is 0.434. The van der Waals surface area contributed by atoms with Crippen molar-refractivity contribution in [2.24, 2.45) is 7.05 Å². The lowest BCUT2D eigenvalue weighted by molar-refractivity contribution is 0.172. The van der Waals surface area contributed by atoms with Gasteiger partial charge in [-0.15, -0.1) is 0 Å². The molecule has 0 aromatic carbocycles. The fourth-order valence-corrected chi connectivity index (χ4v) is 1.55. The van der Waals surface area contributed by atoms with Gasteiger partial charge in [0, 0.05) is 26.4 Å². The molecule has 1 atom stereocenters. The molecule has 1 unspecified atom stereocenters. The van der Waals surface area contributed by atoms with Gasteiger partial charge in [-0.3, -0.25) is 4.68 Å². The van der Waals surface area contributed by atoms with E-state index in [9.17, 15) is 0 Å². The van der Waals surface area contributed by atoms with Crippen LogP contribution >= 0.6 is 0 Å². The summed E-state index contributed by atoms with van der Waals surface area (Å²) < 4.78 is 6.89. The average Bonchev–Trinajstić information content (AvgIpc) is 2.60. The van der Waals surface area contributed by atoms with Crippen LogP contribution in [-0.4, -0.2) is 36.1 Å². The highest BCUT2D eigenvalue weighted by Gasteiger charge is 2.00. The Morgan fingerprint density at radius 2 is 2.40 bits per heavy atom. The van der Waals surface area contributed by atoms with E-state index < -0.39 is 0 Å². The zero-order valence-electron chi connectivity index (χ0n) is 9.86. The van der Waals surface area contributed by atoms with Crippen LogP contribution in [0.25, 0.3) is 0 Å². The van der Waals surface area contributed by atoms with Gasteiger partial charge in [0.2, 0.25) is 0 Å². The first kappa shape index (κ1) is 12.2. The molecule has 0 aliphatic carbocycles. The van der Waals surface area contributed by atoms with Crippen molar-refractivity contribution in [3.05, 3.63) is 18.0 Å². The van der Waals surface area contributed by atoms with Crippen LogP contribution in [0.4, 0.5) is 0 Å². The van der Waals surface area contributed by atoms with Crippen molar-refractivity contribution in [2.45, 2.75) is 25.8 Å². The van der Waals surface area contributed by atoms with Gasteiger partial charge in [0.15, 0.2) is 0 Å². The maximum atomic E-state index is 5.05. The van der Waals surface area contributed by atoms with E-state index in [4.69, 9.17) is 4.74 Å². The monoisotopic (exact) mass is 211 g/mol. The zero-order valence-corrected chi connectivity index (χ0v) is 9.86. The zero-order chi connectivity index (χ0) is 11.1. The smallest absolute Gasteiger partial charge is 0.0613 e. The molecule has 1 N–H and O–H groups in total. The van der Waals surface area contributed by atoms with E-state index in [1.165, 1.54) is 5.56 Å². The molecule has 1 aromatic rings. The summed E-state index contributed by atoms with van der Waals surface area (Å²) in [6, 6.07) is 0.434. The molecule has 0 aliphatic heterocycles. The highest BCUT2D eigenvalue weighted by molar-refractivity contribution is 5.03. The van der Waals surface area contributed by atoms with Crippen LogP contribution in [0.2, 0.25) is 0 Å². The molecule has 0 radical (unpaired) electrons. The van der Waals surface area contributed by atoms with Crippen LogP contribution in [-0.2, 0) is 18.2 Å². The van der Waals surface area contributed by atoms with Gasteiger partial charge in [0.25, 0.3) is 0 Å². The minimum atomic E-state index is 0.434. The predicted octanol–water partition coefficient (Wildman–Crippen LogP) is 0.977.